The summed E-state index contributed by atoms with van der Waals surface area (Å²) in [6.45, 7) is 6.56. The fraction of sp³-hybridized carbons (Fsp3) is 0.324. The van der Waals surface area contributed by atoms with Crippen LogP contribution in [0.15, 0.2) is 91.0 Å². The average Bonchev–Trinajstić information content (AvgIpc) is 3.41. The summed E-state index contributed by atoms with van der Waals surface area (Å²) >= 11 is 0. The Morgan fingerprint density at radius 1 is 0.911 bits per heavy atom. The van der Waals surface area contributed by atoms with Gasteiger partial charge < -0.3 is 19.4 Å². The number of hydrogen-bond acceptors (Lipinski definition) is 5. The first kappa shape index (κ1) is 30.3. The van der Waals surface area contributed by atoms with Crippen molar-refractivity contribution < 1.29 is 14.3 Å². The van der Waals surface area contributed by atoms with Crippen LogP contribution in [0.5, 0.6) is 0 Å². The van der Waals surface area contributed by atoms with Crippen molar-refractivity contribution in [3.8, 4) is 0 Å². The summed E-state index contributed by atoms with van der Waals surface area (Å²) < 4.78 is 7.28. The van der Waals surface area contributed by atoms with E-state index in [0.717, 1.165) is 60.9 Å². The summed E-state index contributed by atoms with van der Waals surface area (Å²) in [4.78, 5) is 34.7. The van der Waals surface area contributed by atoms with Crippen molar-refractivity contribution in [3.63, 3.8) is 0 Å². The summed E-state index contributed by atoms with van der Waals surface area (Å²) in [5.74, 6) is -0.241. The molecule has 2 aliphatic rings. The van der Waals surface area contributed by atoms with Gasteiger partial charge in [-0.05, 0) is 59.9 Å². The first-order valence-corrected chi connectivity index (χ1v) is 15.7. The van der Waals surface area contributed by atoms with Crippen LogP contribution in [-0.2, 0) is 47.3 Å². The molecule has 0 spiro atoms. The van der Waals surface area contributed by atoms with Gasteiger partial charge in [0.25, 0.3) is 0 Å². The van der Waals surface area contributed by atoms with Crippen LogP contribution in [0.3, 0.4) is 0 Å². The van der Waals surface area contributed by atoms with Crippen LogP contribution in [-0.4, -0.2) is 70.3 Å². The highest BCUT2D eigenvalue weighted by atomic mass is 16.5. The number of benzene rings is 3. The van der Waals surface area contributed by atoms with E-state index in [9.17, 15) is 9.59 Å². The Morgan fingerprint density at radius 3 is 2.33 bits per heavy atom. The Balaban J connectivity index is 1.33. The van der Waals surface area contributed by atoms with E-state index in [2.05, 4.69) is 52.5 Å². The number of carbonyl (C=O) groups is 2. The minimum Gasteiger partial charge on any atom is -0.378 e. The van der Waals surface area contributed by atoms with Crippen LogP contribution in [0.25, 0.3) is 6.08 Å². The third-order valence-electron chi connectivity index (χ3n) is 8.76. The van der Waals surface area contributed by atoms with Crippen LogP contribution in [0, 0.1) is 6.92 Å². The molecular formula is C37H41N5O3. The molecule has 1 aromatic heterocycles. The van der Waals surface area contributed by atoms with Gasteiger partial charge in [-0.1, -0.05) is 66.7 Å². The molecule has 232 valence electrons. The molecule has 1 unspecified atom stereocenters. The third-order valence-corrected chi connectivity index (χ3v) is 8.76. The number of rotatable bonds is 9. The predicted octanol–water partition coefficient (Wildman–Crippen LogP) is 4.80. The summed E-state index contributed by atoms with van der Waals surface area (Å²) in [5, 5.41) is 4.42. The van der Waals surface area contributed by atoms with Gasteiger partial charge in [-0.2, -0.15) is 5.10 Å². The Bertz CT molecular complexity index is 1640. The summed E-state index contributed by atoms with van der Waals surface area (Å²) in [6, 6.07) is 27.9. The minimum atomic E-state index is -0.679. The Morgan fingerprint density at radius 2 is 1.62 bits per heavy atom. The predicted molar refractivity (Wildman–Crippen MR) is 176 cm³/mol. The van der Waals surface area contributed by atoms with Crippen LogP contribution < -0.4 is 4.90 Å². The maximum absolute atomic E-state index is 14.5. The molecule has 1 fully saturated rings. The van der Waals surface area contributed by atoms with Gasteiger partial charge in [0.05, 0.1) is 24.6 Å². The Hall–Kier alpha value is -4.69. The van der Waals surface area contributed by atoms with Crippen molar-refractivity contribution >= 4 is 23.6 Å². The van der Waals surface area contributed by atoms with E-state index in [1.54, 1.807) is 21.7 Å². The van der Waals surface area contributed by atoms with Crippen molar-refractivity contribution in [1.82, 2.24) is 19.6 Å². The van der Waals surface area contributed by atoms with Crippen molar-refractivity contribution in [2.45, 2.75) is 38.9 Å². The van der Waals surface area contributed by atoms with Gasteiger partial charge in [-0.3, -0.25) is 14.3 Å². The normalized spacial score (nSPS) is 15.6. The fourth-order valence-corrected chi connectivity index (χ4v) is 6.27. The number of fused-ring (bicyclic) bond motifs is 1. The lowest BCUT2D eigenvalue weighted by Gasteiger charge is -2.37. The molecule has 45 heavy (non-hydrogen) atoms. The molecular weight excluding hydrogens is 562 g/mol. The molecule has 0 aliphatic carbocycles. The van der Waals surface area contributed by atoms with E-state index in [1.807, 2.05) is 61.3 Å². The highest BCUT2D eigenvalue weighted by molar-refractivity contribution is 5.95. The van der Waals surface area contributed by atoms with E-state index >= 15 is 0 Å². The van der Waals surface area contributed by atoms with Crippen molar-refractivity contribution in [2.24, 2.45) is 7.05 Å². The fourth-order valence-electron chi connectivity index (χ4n) is 6.27. The van der Waals surface area contributed by atoms with Gasteiger partial charge in [0, 0.05) is 58.0 Å². The second-order valence-corrected chi connectivity index (χ2v) is 11.9. The lowest BCUT2D eigenvalue weighted by molar-refractivity contribution is -0.144. The molecule has 8 heteroatoms. The smallest absolute Gasteiger partial charge is 0.247 e. The zero-order valence-electron chi connectivity index (χ0n) is 26.1. The monoisotopic (exact) mass is 603 g/mol. The molecule has 6 rings (SSSR count). The molecule has 1 saturated heterocycles. The molecule has 0 bridgehead atoms. The standard InChI is InChI=1S/C37H41N5O3/c1-28-24-34(39(2)38-28)16-17-36(43)42(26-30-12-14-33(15-13-30)40-20-22-45-23-21-40)35(25-29-8-4-3-5-9-29)37(44)41-19-18-31-10-6-7-11-32(31)27-41/h3-17,24,35H,18-23,25-27H2,1-2H3. The van der Waals surface area contributed by atoms with E-state index in [1.165, 1.54) is 11.1 Å². The molecule has 0 N–H and O–H groups in total. The number of hydrogen-bond donors (Lipinski definition) is 0. The Kier molecular flexibility index (Phi) is 9.41. The topological polar surface area (TPSA) is 70.9 Å². The minimum absolute atomic E-state index is 0.0311. The molecule has 2 amide bonds. The number of anilines is 1. The van der Waals surface area contributed by atoms with Crippen LogP contribution in [0.2, 0.25) is 0 Å². The highest BCUT2D eigenvalue weighted by Gasteiger charge is 2.34. The van der Waals surface area contributed by atoms with Crippen LogP contribution >= 0.6 is 0 Å². The third kappa shape index (κ3) is 7.35. The zero-order valence-corrected chi connectivity index (χ0v) is 26.1. The van der Waals surface area contributed by atoms with Crippen LogP contribution in [0.4, 0.5) is 5.69 Å². The molecule has 1 atom stereocenters. The molecule has 0 saturated carbocycles. The average molecular weight is 604 g/mol. The van der Waals surface area contributed by atoms with E-state index in [0.29, 0.717) is 26.1 Å². The summed E-state index contributed by atoms with van der Waals surface area (Å²) in [5.41, 5.74) is 7.27. The maximum Gasteiger partial charge on any atom is 0.247 e. The van der Waals surface area contributed by atoms with E-state index < -0.39 is 6.04 Å². The number of aromatic nitrogens is 2. The van der Waals surface area contributed by atoms with Crippen molar-refractivity contribution in [3.05, 3.63) is 125 Å². The molecule has 4 aromatic rings. The first-order chi connectivity index (χ1) is 21.9. The largest absolute Gasteiger partial charge is 0.378 e. The SMILES string of the molecule is Cc1cc(C=CC(=O)N(Cc2ccc(N3CCOCC3)cc2)C(Cc2ccccc2)C(=O)N2CCc3ccccc3C2)n(C)n1. The molecule has 3 heterocycles. The number of amides is 2. The first-order valence-electron chi connectivity index (χ1n) is 15.7. The molecule has 0 radical (unpaired) electrons. The number of aryl methyl sites for hydroxylation is 2. The number of morpholine rings is 1. The van der Waals surface area contributed by atoms with Crippen molar-refractivity contribution in [1.29, 1.82) is 0 Å². The second-order valence-electron chi connectivity index (χ2n) is 11.9. The lowest BCUT2D eigenvalue weighted by Crippen LogP contribution is -2.52. The van der Waals surface area contributed by atoms with E-state index in [4.69, 9.17) is 4.74 Å². The van der Waals surface area contributed by atoms with Gasteiger partial charge in [-0.15, -0.1) is 0 Å². The second kappa shape index (κ2) is 13.9. The van der Waals surface area contributed by atoms with Gasteiger partial charge in [0.15, 0.2) is 0 Å². The highest BCUT2D eigenvalue weighted by Crippen LogP contribution is 2.24. The molecule has 8 nitrogen and oxygen atoms in total. The van der Waals surface area contributed by atoms with Gasteiger partial charge >= 0.3 is 0 Å². The summed E-state index contributed by atoms with van der Waals surface area (Å²) in [6.07, 6.45) is 4.60. The van der Waals surface area contributed by atoms with Crippen LogP contribution in [0.1, 0.15) is 33.6 Å². The number of ether oxygens (including phenoxy) is 1. The van der Waals surface area contributed by atoms with E-state index in [-0.39, 0.29) is 11.8 Å². The number of carbonyl (C=O) groups excluding carboxylic acids is 2. The van der Waals surface area contributed by atoms with Gasteiger partial charge in [0.1, 0.15) is 6.04 Å². The quantitative estimate of drug-likeness (QED) is 0.257. The molecule has 3 aromatic carbocycles. The van der Waals surface area contributed by atoms with Crippen molar-refractivity contribution in [2.75, 3.05) is 37.7 Å². The Labute approximate surface area is 265 Å². The number of nitrogens with zero attached hydrogens (tertiary/aromatic N) is 5. The maximum atomic E-state index is 14.5. The van der Waals surface area contributed by atoms with Gasteiger partial charge in [-0.25, -0.2) is 0 Å². The summed E-state index contributed by atoms with van der Waals surface area (Å²) in [7, 11) is 1.86. The molecule has 2 aliphatic heterocycles. The zero-order chi connectivity index (χ0) is 31.2. The lowest BCUT2D eigenvalue weighted by atomic mass is 9.97. The van der Waals surface area contributed by atoms with Gasteiger partial charge in [0.2, 0.25) is 11.8 Å².